The van der Waals surface area contributed by atoms with Crippen LogP contribution in [0, 0.1) is 0 Å². The van der Waals surface area contributed by atoms with Crippen molar-refractivity contribution < 1.29 is 19.2 Å². The number of rotatable bonds is 4. The van der Waals surface area contributed by atoms with Crippen LogP contribution in [0.25, 0.3) is 0 Å². The lowest BCUT2D eigenvalue weighted by molar-refractivity contribution is 0.0697. The molecule has 0 saturated heterocycles. The van der Waals surface area contributed by atoms with Crippen LogP contribution in [0.15, 0.2) is 28.2 Å². The van der Waals surface area contributed by atoms with E-state index in [0.717, 1.165) is 11.3 Å². The fourth-order valence-electron chi connectivity index (χ4n) is 1.03. The van der Waals surface area contributed by atoms with Crippen molar-refractivity contribution in [2.24, 2.45) is 0 Å². The van der Waals surface area contributed by atoms with Gasteiger partial charge in [0.1, 0.15) is 12.4 Å². The summed E-state index contributed by atoms with van der Waals surface area (Å²) in [7, 11) is 0. The van der Waals surface area contributed by atoms with Crippen LogP contribution in [0.4, 0.5) is 0 Å². The van der Waals surface area contributed by atoms with Gasteiger partial charge in [0.05, 0.1) is 6.20 Å². The Labute approximate surface area is 88.9 Å². The maximum atomic E-state index is 10.7. The molecule has 1 N–H and O–H groups in total. The van der Waals surface area contributed by atoms with Crippen LogP contribution >= 0.6 is 11.3 Å². The van der Waals surface area contributed by atoms with Gasteiger partial charge in [0.25, 0.3) is 0 Å². The molecule has 15 heavy (non-hydrogen) atoms. The highest BCUT2D eigenvalue weighted by Gasteiger charge is 2.13. The SMILES string of the molecule is O=C(O)c1sccc1OCc1ccno1. The first-order valence-corrected chi connectivity index (χ1v) is 4.98. The molecule has 6 heteroatoms. The molecule has 0 bridgehead atoms. The average Bonchev–Trinajstić information content (AvgIpc) is 2.86. The number of carboxylic acid groups (broad SMARTS) is 1. The lowest BCUT2D eigenvalue weighted by Gasteiger charge is -2.01. The molecule has 2 aromatic heterocycles. The van der Waals surface area contributed by atoms with E-state index in [1.54, 1.807) is 17.5 Å². The van der Waals surface area contributed by atoms with E-state index in [1.165, 1.54) is 6.20 Å². The molecule has 0 saturated carbocycles. The van der Waals surface area contributed by atoms with E-state index in [-0.39, 0.29) is 11.5 Å². The summed E-state index contributed by atoms with van der Waals surface area (Å²) in [5.41, 5.74) is 0. The number of thiophene rings is 1. The topological polar surface area (TPSA) is 72.6 Å². The van der Waals surface area contributed by atoms with E-state index in [4.69, 9.17) is 14.4 Å². The third-order valence-electron chi connectivity index (χ3n) is 1.68. The van der Waals surface area contributed by atoms with Crippen LogP contribution in [0.1, 0.15) is 15.4 Å². The summed E-state index contributed by atoms with van der Waals surface area (Å²) in [5, 5.41) is 14.0. The number of carbonyl (C=O) groups is 1. The molecule has 2 aromatic rings. The summed E-state index contributed by atoms with van der Waals surface area (Å²) in [5.74, 6) is -0.0843. The highest BCUT2D eigenvalue weighted by atomic mass is 32.1. The fourth-order valence-corrected chi connectivity index (χ4v) is 1.70. The molecular weight excluding hydrogens is 218 g/mol. The Morgan fingerprint density at radius 1 is 1.60 bits per heavy atom. The summed E-state index contributed by atoms with van der Waals surface area (Å²) < 4.78 is 10.1. The molecule has 0 aliphatic rings. The molecule has 0 unspecified atom stereocenters. The largest absolute Gasteiger partial charge is 0.484 e. The second-order valence-corrected chi connectivity index (χ2v) is 3.60. The number of aromatic nitrogens is 1. The van der Waals surface area contributed by atoms with Gasteiger partial charge < -0.3 is 14.4 Å². The predicted molar refractivity (Wildman–Crippen MR) is 52.1 cm³/mol. The number of aromatic carboxylic acids is 1. The molecule has 0 radical (unpaired) electrons. The molecule has 0 aliphatic carbocycles. The Morgan fingerprint density at radius 3 is 3.13 bits per heavy atom. The molecular formula is C9H7NO4S. The second-order valence-electron chi connectivity index (χ2n) is 2.69. The van der Waals surface area contributed by atoms with Crippen molar-refractivity contribution >= 4 is 17.3 Å². The zero-order valence-electron chi connectivity index (χ0n) is 7.54. The number of hydrogen-bond acceptors (Lipinski definition) is 5. The Balaban J connectivity index is 2.05. The van der Waals surface area contributed by atoms with E-state index in [2.05, 4.69) is 5.16 Å². The van der Waals surface area contributed by atoms with Crippen LogP contribution in [0.2, 0.25) is 0 Å². The third kappa shape index (κ3) is 2.16. The zero-order valence-corrected chi connectivity index (χ0v) is 8.36. The molecule has 5 nitrogen and oxygen atoms in total. The van der Waals surface area contributed by atoms with Crippen LogP contribution in [-0.2, 0) is 6.61 Å². The van der Waals surface area contributed by atoms with Gasteiger partial charge in [-0.05, 0) is 11.4 Å². The highest BCUT2D eigenvalue weighted by Crippen LogP contribution is 2.25. The smallest absolute Gasteiger partial charge is 0.349 e. The zero-order chi connectivity index (χ0) is 10.7. The standard InChI is InChI=1S/C9H7NO4S/c11-9(12)8-7(2-4-15-8)13-5-6-1-3-10-14-6/h1-4H,5H2,(H,11,12). The molecule has 0 spiro atoms. The van der Waals surface area contributed by atoms with Crippen LogP contribution in [0.3, 0.4) is 0 Å². The van der Waals surface area contributed by atoms with Crippen molar-refractivity contribution in [2.75, 3.05) is 0 Å². The van der Waals surface area contributed by atoms with Gasteiger partial charge in [0.2, 0.25) is 0 Å². The Bertz CT molecular complexity index is 448. The normalized spacial score (nSPS) is 10.1. The van der Waals surface area contributed by atoms with Crippen LogP contribution < -0.4 is 4.74 Å². The first-order valence-electron chi connectivity index (χ1n) is 4.10. The number of carboxylic acids is 1. The van der Waals surface area contributed by atoms with Crippen molar-refractivity contribution in [3.8, 4) is 5.75 Å². The molecule has 0 aromatic carbocycles. The molecule has 78 valence electrons. The second kappa shape index (κ2) is 4.14. The van der Waals surface area contributed by atoms with E-state index in [9.17, 15) is 4.79 Å². The average molecular weight is 225 g/mol. The minimum Gasteiger partial charge on any atom is -0.484 e. The van der Waals surface area contributed by atoms with Crippen molar-refractivity contribution in [1.82, 2.24) is 5.16 Å². The molecule has 2 heterocycles. The van der Waals surface area contributed by atoms with Crippen molar-refractivity contribution in [3.05, 3.63) is 34.3 Å². The highest BCUT2D eigenvalue weighted by molar-refractivity contribution is 7.12. The molecule has 0 atom stereocenters. The third-order valence-corrected chi connectivity index (χ3v) is 2.57. The summed E-state index contributed by atoms with van der Waals surface area (Å²) in [4.78, 5) is 10.9. The van der Waals surface area contributed by atoms with Gasteiger partial charge in [0, 0.05) is 6.07 Å². The maximum Gasteiger partial charge on any atom is 0.349 e. The first kappa shape index (κ1) is 9.72. The lowest BCUT2D eigenvalue weighted by atomic mass is 10.4. The molecule has 0 aliphatic heterocycles. The van der Waals surface area contributed by atoms with E-state index < -0.39 is 5.97 Å². The van der Waals surface area contributed by atoms with Crippen LogP contribution in [-0.4, -0.2) is 16.2 Å². The number of ether oxygens (including phenoxy) is 1. The van der Waals surface area contributed by atoms with Gasteiger partial charge in [-0.25, -0.2) is 4.79 Å². The van der Waals surface area contributed by atoms with Gasteiger partial charge in [-0.2, -0.15) is 0 Å². The first-order chi connectivity index (χ1) is 7.27. The number of nitrogens with zero attached hydrogens (tertiary/aromatic N) is 1. The summed E-state index contributed by atoms with van der Waals surface area (Å²) in [6.07, 6.45) is 1.50. The molecule has 0 fully saturated rings. The lowest BCUT2D eigenvalue weighted by Crippen LogP contribution is -1.99. The monoisotopic (exact) mass is 225 g/mol. The van der Waals surface area contributed by atoms with E-state index >= 15 is 0 Å². The fraction of sp³-hybridized carbons (Fsp3) is 0.111. The van der Waals surface area contributed by atoms with Gasteiger partial charge in [-0.1, -0.05) is 5.16 Å². The Hall–Kier alpha value is -1.82. The summed E-state index contributed by atoms with van der Waals surface area (Å²) in [6, 6.07) is 3.28. The predicted octanol–water partition coefficient (Wildman–Crippen LogP) is 2.01. The molecule has 2 rings (SSSR count). The van der Waals surface area contributed by atoms with E-state index in [1.807, 2.05) is 0 Å². The van der Waals surface area contributed by atoms with E-state index in [0.29, 0.717) is 11.5 Å². The van der Waals surface area contributed by atoms with Gasteiger partial charge >= 0.3 is 5.97 Å². The minimum absolute atomic E-state index is 0.178. The van der Waals surface area contributed by atoms with Gasteiger partial charge in [-0.3, -0.25) is 0 Å². The van der Waals surface area contributed by atoms with Crippen LogP contribution in [0.5, 0.6) is 5.75 Å². The van der Waals surface area contributed by atoms with Gasteiger partial charge in [0.15, 0.2) is 10.6 Å². The summed E-state index contributed by atoms with van der Waals surface area (Å²) in [6.45, 7) is 0.178. The minimum atomic E-state index is -0.988. The van der Waals surface area contributed by atoms with Gasteiger partial charge in [-0.15, -0.1) is 11.3 Å². The Morgan fingerprint density at radius 2 is 2.47 bits per heavy atom. The number of hydrogen-bond donors (Lipinski definition) is 1. The maximum absolute atomic E-state index is 10.7. The summed E-state index contributed by atoms with van der Waals surface area (Å²) >= 11 is 1.12. The quantitative estimate of drug-likeness (QED) is 0.861. The van der Waals surface area contributed by atoms with Crippen molar-refractivity contribution in [3.63, 3.8) is 0 Å². The van der Waals surface area contributed by atoms with Crippen molar-refractivity contribution in [2.45, 2.75) is 6.61 Å². The molecule has 0 amide bonds. The van der Waals surface area contributed by atoms with Crippen molar-refractivity contribution in [1.29, 1.82) is 0 Å². The Kier molecular flexibility index (Phi) is 2.68.